The van der Waals surface area contributed by atoms with E-state index in [1.807, 2.05) is 0 Å². The molecule has 1 unspecified atom stereocenters. The highest BCUT2D eigenvalue weighted by Crippen LogP contribution is 2.34. The van der Waals surface area contributed by atoms with Crippen LogP contribution in [-0.2, 0) is 0 Å². The first-order valence-electron chi connectivity index (χ1n) is 5.07. The van der Waals surface area contributed by atoms with Gasteiger partial charge in [0.1, 0.15) is 11.9 Å². The number of aliphatic hydroxyl groups is 1. The van der Waals surface area contributed by atoms with E-state index < -0.39 is 11.9 Å². The monoisotopic (exact) mass is 392 g/mol. The van der Waals surface area contributed by atoms with Crippen LogP contribution in [-0.4, -0.2) is 5.11 Å². The molecule has 0 spiro atoms. The molecule has 0 aliphatic rings. The van der Waals surface area contributed by atoms with Crippen LogP contribution in [0.15, 0.2) is 45.3 Å². The fraction of sp³-hybridized carbons (Fsp3) is 0.0769. The predicted octanol–water partition coefficient (Wildman–Crippen LogP) is 5.09. The van der Waals surface area contributed by atoms with Crippen LogP contribution in [0.25, 0.3) is 0 Å². The third-order valence-electron chi connectivity index (χ3n) is 2.53. The lowest BCUT2D eigenvalue weighted by molar-refractivity contribution is 0.215. The largest absolute Gasteiger partial charge is 0.383 e. The molecule has 0 heterocycles. The van der Waals surface area contributed by atoms with Crippen LogP contribution in [0.4, 0.5) is 4.39 Å². The first kappa shape index (κ1) is 14.0. The summed E-state index contributed by atoms with van der Waals surface area (Å²) in [6, 6.07) is 9.58. The quantitative estimate of drug-likeness (QED) is 0.753. The van der Waals surface area contributed by atoms with E-state index in [-0.39, 0.29) is 5.56 Å². The Kier molecular flexibility index (Phi) is 4.43. The Hall–Kier alpha value is -0.420. The molecule has 1 N–H and O–H groups in total. The maximum absolute atomic E-state index is 13.7. The zero-order valence-corrected chi connectivity index (χ0v) is 12.9. The minimum absolute atomic E-state index is 0.185. The van der Waals surface area contributed by atoms with Gasteiger partial charge in [0.05, 0.1) is 5.02 Å². The van der Waals surface area contributed by atoms with Crippen molar-refractivity contribution in [3.05, 3.63) is 67.3 Å². The van der Waals surface area contributed by atoms with Crippen molar-refractivity contribution < 1.29 is 9.50 Å². The molecule has 0 aromatic heterocycles. The van der Waals surface area contributed by atoms with E-state index in [2.05, 4.69) is 31.9 Å². The molecule has 0 bridgehead atoms. The lowest BCUT2D eigenvalue weighted by atomic mass is 10.0. The number of aliphatic hydroxyl groups excluding tert-OH is 1. The zero-order valence-electron chi connectivity index (χ0n) is 9.00. The van der Waals surface area contributed by atoms with E-state index in [1.165, 1.54) is 12.1 Å². The van der Waals surface area contributed by atoms with Crippen LogP contribution in [0.1, 0.15) is 17.2 Å². The molecule has 18 heavy (non-hydrogen) atoms. The average Bonchev–Trinajstić information content (AvgIpc) is 2.35. The Morgan fingerprint density at radius 2 is 1.83 bits per heavy atom. The van der Waals surface area contributed by atoms with Gasteiger partial charge in [0, 0.05) is 20.1 Å². The van der Waals surface area contributed by atoms with Crippen molar-refractivity contribution in [1.82, 2.24) is 0 Å². The van der Waals surface area contributed by atoms with E-state index >= 15 is 0 Å². The van der Waals surface area contributed by atoms with E-state index in [0.29, 0.717) is 19.5 Å². The fourth-order valence-electron chi connectivity index (χ4n) is 1.62. The predicted molar refractivity (Wildman–Crippen MR) is 77.3 cm³/mol. The van der Waals surface area contributed by atoms with Gasteiger partial charge in [-0.1, -0.05) is 39.7 Å². The zero-order chi connectivity index (χ0) is 13.3. The molecule has 94 valence electrons. The molecule has 0 aliphatic carbocycles. The topological polar surface area (TPSA) is 20.2 Å². The molecule has 2 rings (SSSR count). The van der Waals surface area contributed by atoms with Gasteiger partial charge in [-0.2, -0.15) is 0 Å². The smallest absolute Gasteiger partial charge is 0.129 e. The van der Waals surface area contributed by atoms with Crippen molar-refractivity contribution in [3.63, 3.8) is 0 Å². The molecule has 0 fully saturated rings. The van der Waals surface area contributed by atoms with E-state index in [9.17, 15) is 9.50 Å². The van der Waals surface area contributed by atoms with Crippen molar-refractivity contribution in [2.75, 3.05) is 0 Å². The molecule has 0 saturated carbocycles. The lowest BCUT2D eigenvalue weighted by Gasteiger charge is -2.15. The normalized spacial score (nSPS) is 12.5. The summed E-state index contributed by atoms with van der Waals surface area (Å²) in [7, 11) is 0. The van der Waals surface area contributed by atoms with Gasteiger partial charge in [-0.25, -0.2) is 4.39 Å². The molecule has 2 aromatic rings. The summed E-state index contributed by atoms with van der Waals surface area (Å²) in [5.41, 5.74) is 0.646. The Morgan fingerprint density at radius 3 is 2.56 bits per heavy atom. The van der Waals surface area contributed by atoms with Gasteiger partial charge in [0.2, 0.25) is 0 Å². The summed E-state index contributed by atoms with van der Waals surface area (Å²) in [6.45, 7) is 0. The summed E-state index contributed by atoms with van der Waals surface area (Å²) < 4.78 is 15.1. The standard InChI is InChI=1S/C13H8Br2ClFO/c14-7-4-5-11(17)9(6-7)13(18)8-2-1-3-10(15)12(8)16/h1-6,13,18H. The Labute approximate surface area is 126 Å². The first-order chi connectivity index (χ1) is 8.50. The first-order valence-corrected chi connectivity index (χ1v) is 7.04. The molecule has 5 heteroatoms. The molecule has 1 nitrogen and oxygen atoms in total. The van der Waals surface area contributed by atoms with Gasteiger partial charge < -0.3 is 5.11 Å². The van der Waals surface area contributed by atoms with Crippen molar-refractivity contribution in [3.8, 4) is 0 Å². The molecule has 2 aromatic carbocycles. The van der Waals surface area contributed by atoms with Gasteiger partial charge in [-0.15, -0.1) is 0 Å². The minimum Gasteiger partial charge on any atom is -0.383 e. The molecule has 0 radical (unpaired) electrons. The summed E-state index contributed by atoms with van der Waals surface area (Å²) in [4.78, 5) is 0. The molecule has 0 aliphatic heterocycles. The second-order valence-electron chi connectivity index (χ2n) is 3.71. The highest BCUT2D eigenvalue weighted by Gasteiger charge is 2.19. The minimum atomic E-state index is -1.10. The van der Waals surface area contributed by atoms with Crippen molar-refractivity contribution in [1.29, 1.82) is 0 Å². The summed E-state index contributed by atoms with van der Waals surface area (Å²) in [6.07, 6.45) is -1.10. The fourth-order valence-corrected chi connectivity index (χ4v) is 2.61. The molecular weight excluding hydrogens is 386 g/mol. The second kappa shape index (κ2) is 5.70. The van der Waals surface area contributed by atoms with Gasteiger partial charge in [-0.3, -0.25) is 0 Å². The summed E-state index contributed by atoms with van der Waals surface area (Å²) >= 11 is 12.6. The maximum atomic E-state index is 13.7. The van der Waals surface area contributed by atoms with Crippen molar-refractivity contribution in [2.45, 2.75) is 6.10 Å². The third kappa shape index (κ3) is 2.77. The van der Waals surface area contributed by atoms with Crippen LogP contribution in [0, 0.1) is 5.82 Å². The highest BCUT2D eigenvalue weighted by atomic mass is 79.9. The van der Waals surface area contributed by atoms with Crippen LogP contribution < -0.4 is 0 Å². The Morgan fingerprint density at radius 1 is 1.11 bits per heavy atom. The number of halogens is 4. The van der Waals surface area contributed by atoms with E-state index in [4.69, 9.17) is 11.6 Å². The van der Waals surface area contributed by atoms with Crippen LogP contribution in [0.3, 0.4) is 0 Å². The molecular formula is C13H8Br2ClFO. The van der Waals surface area contributed by atoms with Gasteiger partial charge >= 0.3 is 0 Å². The van der Waals surface area contributed by atoms with Gasteiger partial charge in [0.15, 0.2) is 0 Å². The van der Waals surface area contributed by atoms with E-state index in [1.54, 1.807) is 24.3 Å². The SMILES string of the molecule is OC(c1cc(Br)ccc1F)c1cccc(Br)c1Cl. The number of benzene rings is 2. The molecule has 1 atom stereocenters. The lowest BCUT2D eigenvalue weighted by Crippen LogP contribution is -2.03. The van der Waals surface area contributed by atoms with Crippen LogP contribution >= 0.6 is 43.5 Å². The van der Waals surface area contributed by atoms with Gasteiger partial charge in [-0.05, 0) is 40.2 Å². The summed E-state index contributed by atoms with van der Waals surface area (Å²) in [5.74, 6) is -0.471. The van der Waals surface area contributed by atoms with Gasteiger partial charge in [0.25, 0.3) is 0 Å². The second-order valence-corrected chi connectivity index (χ2v) is 5.86. The number of hydrogen-bond donors (Lipinski definition) is 1. The third-order valence-corrected chi connectivity index (χ3v) is 4.33. The highest BCUT2D eigenvalue weighted by molar-refractivity contribution is 9.10. The Bertz CT molecular complexity index is 587. The van der Waals surface area contributed by atoms with Crippen LogP contribution in [0.2, 0.25) is 5.02 Å². The summed E-state index contributed by atoms with van der Waals surface area (Å²) in [5, 5.41) is 10.6. The average molecular weight is 394 g/mol. The number of rotatable bonds is 2. The number of hydrogen-bond acceptors (Lipinski definition) is 1. The van der Waals surface area contributed by atoms with Crippen molar-refractivity contribution in [2.24, 2.45) is 0 Å². The molecule has 0 amide bonds. The van der Waals surface area contributed by atoms with Crippen LogP contribution in [0.5, 0.6) is 0 Å². The Balaban J connectivity index is 2.51. The molecule has 0 saturated heterocycles. The van der Waals surface area contributed by atoms with Crippen molar-refractivity contribution >= 4 is 43.5 Å². The maximum Gasteiger partial charge on any atom is 0.129 e. The van der Waals surface area contributed by atoms with E-state index in [0.717, 1.165) is 0 Å².